The SMILES string of the molecule is C=CCOc1ccc(C(=O)NN2C(=O)c3cc(I)ccc3NC2c2ccccc2C(F)(F)F)cc1. The maximum absolute atomic E-state index is 13.8. The summed E-state index contributed by atoms with van der Waals surface area (Å²) in [4.78, 5) is 26.4. The third-order valence-electron chi connectivity index (χ3n) is 5.25. The van der Waals surface area contributed by atoms with Gasteiger partial charge in [-0.05, 0) is 71.1 Å². The summed E-state index contributed by atoms with van der Waals surface area (Å²) in [5.41, 5.74) is 2.16. The Balaban J connectivity index is 1.71. The summed E-state index contributed by atoms with van der Waals surface area (Å²) in [5.74, 6) is -0.796. The van der Waals surface area contributed by atoms with E-state index in [1.807, 2.05) is 22.6 Å². The highest BCUT2D eigenvalue weighted by atomic mass is 127. The largest absolute Gasteiger partial charge is 0.490 e. The molecule has 0 saturated carbocycles. The van der Waals surface area contributed by atoms with Crippen molar-refractivity contribution in [2.75, 3.05) is 11.9 Å². The number of hydrazine groups is 1. The zero-order chi connectivity index (χ0) is 25.2. The van der Waals surface area contributed by atoms with Crippen LogP contribution in [0, 0.1) is 3.57 Å². The predicted molar refractivity (Wildman–Crippen MR) is 133 cm³/mol. The average Bonchev–Trinajstić information content (AvgIpc) is 2.84. The molecule has 6 nitrogen and oxygen atoms in total. The number of anilines is 1. The van der Waals surface area contributed by atoms with E-state index < -0.39 is 29.7 Å². The topological polar surface area (TPSA) is 70.7 Å². The molecule has 180 valence electrons. The van der Waals surface area contributed by atoms with Crippen LogP contribution in [0.5, 0.6) is 5.75 Å². The number of halogens is 4. The fourth-order valence-electron chi connectivity index (χ4n) is 3.64. The van der Waals surface area contributed by atoms with Crippen LogP contribution in [0.2, 0.25) is 0 Å². The Morgan fingerprint density at radius 2 is 1.86 bits per heavy atom. The summed E-state index contributed by atoms with van der Waals surface area (Å²) >= 11 is 2.03. The van der Waals surface area contributed by atoms with Gasteiger partial charge in [0.2, 0.25) is 0 Å². The Kier molecular flexibility index (Phi) is 7.01. The molecule has 0 aromatic heterocycles. The van der Waals surface area contributed by atoms with Gasteiger partial charge in [-0.1, -0.05) is 30.9 Å². The van der Waals surface area contributed by atoms with Crippen molar-refractivity contribution in [2.24, 2.45) is 0 Å². The number of fused-ring (bicyclic) bond motifs is 1. The number of benzene rings is 3. The predicted octanol–water partition coefficient (Wildman–Crippen LogP) is 5.79. The molecule has 0 fully saturated rings. The highest BCUT2D eigenvalue weighted by molar-refractivity contribution is 14.1. The molecule has 10 heteroatoms. The zero-order valence-electron chi connectivity index (χ0n) is 18.1. The maximum Gasteiger partial charge on any atom is 0.416 e. The second-order valence-electron chi connectivity index (χ2n) is 7.56. The minimum absolute atomic E-state index is 0.194. The number of nitrogens with zero attached hydrogens (tertiary/aromatic N) is 1. The highest BCUT2D eigenvalue weighted by Crippen LogP contribution is 2.39. The lowest BCUT2D eigenvalue weighted by Gasteiger charge is -2.38. The van der Waals surface area contributed by atoms with Gasteiger partial charge in [-0.15, -0.1) is 0 Å². The second-order valence-corrected chi connectivity index (χ2v) is 8.81. The number of carbonyl (C=O) groups excluding carboxylic acids is 2. The number of alkyl halides is 3. The summed E-state index contributed by atoms with van der Waals surface area (Å²) in [6, 6.07) is 16.0. The van der Waals surface area contributed by atoms with Crippen molar-refractivity contribution in [2.45, 2.75) is 12.3 Å². The van der Waals surface area contributed by atoms with Crippen LogP contribution >= 0.6 is 22.6 Å². The molecule has 0 bridgehead atoms. The third-order valence-corrected chi connectivity index (χ3v) is 5.92. The maximum atomic E-state index is 13.8. The molecular formula is C25H19F3IN3O3. The minimum Gasteiger partial charge on any atom is -0.490 e. The first-order chi connectivity index (χ1) is 16.7. The molecule has 2 N–H and O–H groups in total. The van der Waals surface area contributed by atoms with Gasteiger partial charge in [0.25, 0.3) is 11.8 Å². The van der Waals surface area contributed by atoms with E-state index in [-0.39, 0.29) is 23.3 Å². The average molecular weight is 593 g/mol. The van der Waals surface area contributed by atoms with Crippen molar-refractivity contribution >= 4 is 40.1 Å². The molecule has 4 rings (SSSR count). The Morgan fingerprint density at radius 1 is 1.14 bits per heavy atom. The highest BCUT2D eigenvalue weighted by Gasteiger charge is 2.41. The molecular weight excluding hydrogens is 574 g/mol. The smallest absolute Gasteiger partial charge is 0.416 e. The van der Waals surface area contributed by atoms with Gasteiger partial charge < -0.3 is 10.1 Å². The fourth-order valence-corrected chi connectivity index (χ4v) is 4.13. The molecule has 3 aromatic carbocycles. The third kappa shape index (κ3) is 5.26. The monoisotopic (exact) mass is 593 g/mol. The number of amides is 2. The number of carbonyl (C=O) groups is 2. The fraction of sp³-hybridized carbons (Fsp3) is 0.120. The van der Waals surface area contributed by atoms with Crippen LogP contribution in [0.4, 0.5) is 18.9 Å². The lowest BCUT2D eigenvalue weighted by molar-refractivity contribution is -0.138. The Hall–Kier alpha value is -3.54. The summed E-state index contributed by atoms with van der Waals surface area (Å²) in [6.45, 7) is 3.85. The van der Waals surface area contributed by atoms with E-state index in [4.69, 9.17) is 4.74 Å². The molecule has 0 saturated heterocycles. The molecule has 1 aliphatic heterocycles. The molecule has 0 radical (unpaired) electrons. The van der Waals surface area contributed by atoms with Crippen LogP contribution in [0.3, 0.4) is 0 Å². The van der Waals surface area contributed by atoms with E-state index >= 15 is 0 Å². The van der Waals surface area contributed by atoms with E-state index in [0.717, 1.165) is 14.6 Å². The molecule has 1 atom stereocenters. The van der Waals surface area contributed by atoms with Crippen molar-refractivity contribution in [3.8, 4) is 5.75 Å². The molecule has 35 heavy (non-hydrogen) atoms. The van der Waals surface area contributed by atoms with Crippen LogP contribution in [0.1, 0.15) is 38.0 Å². The Bertz CT molecular complexity index is 1280. The van der Waals surface area contributed by atoms with Crippen molar-refractivity contribution < 1.29 is 27.5 Å². The van der Waals surface area contributed by atoms with Crippen molar-refractivity contribution in [1.29, 1.82) is 0 Å². The summed E-state index contributed by atoms with van der Waals surface area (Å²) in [5, 5.41) is 3.88. The molecule has 2 amide bonds. The van der Waals surface area contributed by atoms with Crippen molar-refractivity contribution in [1.82, 2.24) is 10.4 Å². The van der Waals surface area contributed by atoms with E-state index in [1.54, 1.807) is 36.4 Å². The van der Waals surface area contributed by atoms with Gasteiger partial charge in [0.1, 0.15) is 18.5 Å². The van der Waals surface area contributed by atoms with Gasteiger partial charge in [-0.2, -0.15) is 13.2 Å². The Morgan fingerprint density at radius 3 is 2.54 bits per heavy atom. The van der Waals surface area contributed by atoms with Gasteiger partial charge in [0.05, 0.1) is 11.1 Å². The van der Waals surface area contributed by atoms with Crippen LogP contribution < -0.4 is 15.5 Å². The first-order valence-corrected chi connectivity index (χ1v) is 11.5. The van der Waals surface area contributed by atoms with E-state index in [0.29, 0.717) is 11.4 Å². The molecule has 3 aromatic rings. The van der Waals surface area contributed by atoms with Crippen LogP contribution in [-0.2, 0) is 6.18 Å². The Labute approximate surface area is 212 Å². The number of nitrogens with one attached hydrogen (secondary N) is 2. The summed E-state index contributed by atoms with van der Waals surface area (Å²) in [6.07, 6.45) is -4.38. The minimum atomic E-state index is -4.66. The normalized spacial score (nSPS) is 15.1. The summed E-state index contributed by atoms with van der Waals surface area (Å²) < 4.78 is 47.5. The van der Waals surface area contributed by atoms with E-state index in [2.05, 4.69) is 17.3 Å². The van der Waals surface area contributed by atoms with E-state index in [9.17, 15) is 22.8 Å². The van der Waals surface area contributed by atoms with Crippen molar-refractivity contribution in [3.63, 3.8) is 0 Å². The lowest BCUT2D eigenvalue weighted by Crippen LogP contribution is -2.53. The van der Waals surface area contributed by atoms with Gasteiger partial charge in [-0.3, -0.25) is 15.0 Å². The first kappa shape index (κ1) is 24.6. The van der Waals surface area contributed by atoms with E-state index in [1.165, 1.54) is 30.3 Å². The lowest BCUT2D eigenvalue weighted by atomic mass is 10.0. The molecule has 1 unspecified atom stereocenters. The first-order valence-electron chi connectivity index (χ1n) is 10.4. The van der Waals surface area contributed by atoms with Gasteiger partial charge in [0, 0.05) is 20.4 Å². The standard InChI is InChI=1S/C25H19F3IN3O3/c1-2-13-35-17-10-7-15(8-11-17)23(33)31-32-22(18-5-3-4-6-20(18)25(26,27)28)30-21-12-9-16(29)14-19(21)24(32)34/h2-12,14,22,30H,1,13H2,(H,31,33). The molecule has 1 heterocycles. The molecule has 1 aliphatic rings. The van der Waals surface area contributed by atoms with Crippen LogP contribution in [-0.4, -0.2) is 23.4 Å². The number of hydrogen-bond acceptors (Lipinski definition) is 4. The number of hydrogen-bond donors (Lipinski definition) is 2. The molecule has 0 aliphatic carbocycles. The number of rotatable bonds is 6. The van der Waals surface area contributed by atoms with Crippen LogP contribution in [0.15, 0.2) is 79.4 Å². The van der Waals surface area contributed by atoms with Gasteiger partial charge >= 0.3 is 6.18 Å². The van der Waals surface area contributed by atoms with Crippen molar-refractivity contribution in [3.05, 3.63) is 105 Å². The zero-order valence-corrected chi connectivity index (χ0v) is 20.3. The second kappa shape index (κ2) is 9.98. The van der Waals surface area contributed by atoms with Gasteiger partial charge in [-0.25, -0.2) is 5.01 Å². The number of ether oxygens (including phenoxy) is 1. The molecule has 0 spiro atoms. The summed E-state index contributed by atoms with van der Waals surface area (Å²) in [7, 11) is 0. The van der Waals surface area contributed by atoms with Crippen LogP contribution in [0.25, 0.3) is 0 Å². The quantitative estimate of drug-likeness (QED) is 0.281. The van der Waals surface area contributed by atoms with Gasteiger partial charge in [0.15, 0.2) is 0 Å².